The van der Waals surface area contributed by atoms with Crippen LogP contribution in [-0.2, 0) is 6.42 Å². The van der Waals surface area contributed by atoms with Crippen molar-refractivity contribution < 1.29 is 4.39 Å². The largest absolute Gasteiger partial charge is 0.399 e. The van der Waals surface area contributed by atoms with Gasteiger partial charge in [-0.2, -0.15) is 0 Å². The second kappa shape index (κ2) is 5.73. The maximum atomic E-state index is 12.7. The highest BCUT2D eigenvalue weighted by atomic mass is 32.2. The van der Waals surface area contributed by atoms with Crippen molar-refractivity contribution in [1.82, 2.24) is 0 Å². The predicted octanol–water partition coefficient (Wildman–Crippen LogP) is 3.74. The van der Waals surface area contributed by atoms with Crippen molar-refractivity contribution in [3.05, 3.63) is 59.9 Å². The third-order valence-corrected chi connectivity index (χ3v) is 3.47. The first-order valence-electron chi connectivity index (χ1n) is 5.47. The van der Waals surface area contributed by atoms with Gasteiger partial charge in [0.2, 0.25) is 0 Å². The Kier molecular flexibility index (Phi) is 4.04. The second-order valence-electron chi connectivity index (χ2n) is 3.79. The molecule has 0 bridgehead atoms. The molecule has 0 radical (unpaired) electrons. The number of hydrogen-bond acceptors (Lipinski definition) is 2. The monoisotopic (exact) mass is 247 g/mol. The van der Waals surface area contributed by atoms with E-state index in [-0.39, 0.29) is 5.82 Å². The standard InChI is InChI=1S/C14H14FNS/c15-12-3-7-14(8-4-12)17-10-9-11-1-5-13(16)6-2-11/h1-8H,9-10,16H2. The van der Waals surface area contributed by atoms with Crippen molar-refractivity contribution in [2.45, 2.75) is 11.3 Å². The lowest BCUT2D eigenvalue weighted by atomic mass is 10.2. The molecule has 0 atom stereocenters. The summed E-state index contributed by atoms with van der Waals surface area (Å²) >= 11 is 1.73. The summed E-state index contributed by atoms with van der Waals surface area (Å²) in [6, 6.07) is 14.5. The lowest BCUT2D eigenvalue weighted by Gasteiger charge is -2.02. The van der Waals surface area contributed by atoms with E-state index in [0.29, 0.717) is 0 Å². The first-order chi connectivity index (χ1) is 8.24. The number of rotatable bonds is 4. The predicted molar refractivity (Wildman–Crippen MR) is 71.7 cm³/mol. The molecule has 0 saturated heterocycles. The molecule has 2 aromatic carbocycles. The van der Waals surface area contributed by atoms with Crippen molar-refractivity contribution in [2.24, 2.45) is 0 Å². The zero-order valence-corrected chi connectivity index (χ0v) is 10.2. The molecule has 0 saturated carbocycles. The first kappa shape index (κ1) is 12.0. The normalized spacial score (nSPS) is 10.4. The van der Waals surface area contributed by atoms with Gasteiger partial charge in [-0.25, -0.2) is 4.39 Å². The van der Waals surface area contributed by atoms with E-state index in [1.165, 1.54) is 17.7 Å². The van der Waals surface area contributed by atoms with Crippen LogP contribution in [0.2, 0.25) is 0 Å². The molecule has 0 unspecified atom stereocenters. The molecule has 2 N–H and O–H groups in total. The quantitative estimate of drug-likeness (QED) is 0.658. The highest BCUT2D eigenvalue weighted by Gasteiger charge is 1.97. The van der Waals surface area contributed by atoms with E-state index in [0.717, 1.165) is 22.8 Å². The highest BCUT2D eigenvalue weighted by molar-refractivity contribution is 7.99. The van der Waals surface area contributed by atoms with Gasteiger partial charge in [0.15, 0.2) is 0 Å². The van der Waals surface area contributed by atoms with Crippen molar-refractivity contribution in [1.29, 1.82) is 0 Å². The van der Waals surface area contributed by atoms with E-state index in [1.807, 2.05) is 36.4 Å². The van der Waals surface area contributed by atoms with Gasteiger partial charge in [-0.05, 0) is 48.4 Å². The van der Waals surface area contributed by atoms with Gasteiger partial charge in [0.25, 0.3) is 0 Å². The molecule has 0 amide bonds. The van der Waals surface area contributed by atoms with E-state index in [2.05, 4.69) is 0 Å². The number of thioether (sulfide) groups is 1. The van der Waals surface area contributed by atoms with E-state index in [9.17, 15) is 4.39 Å². The minimum atomic E-state index is -0.187. The van der Waals surface area contributed by atoms with Gasteiger partial charge < -0.3 is 5.73 Å². The van der Waals surface area contributed by atoms with Crippen LogP contribution < -0.4 is 5.73 Å². The Morgan fingerprint density at radius 1 is 0.941 bits per heavy atom. The minimum absolute atomic E-state index is 0.187. The van der Waals surface area contributed by atoms with Crippen LogP contribution in [0.5, 0.6) is 0 Å². The molecule has 0 spiro atoms. The van der Waals surface area contributed by atoms with Crippen LogP contribution in [0.3, 0.4) is 0 Å². The Balaban J connectivity index is 1.83. The molecule has 0 aliphatic heterocycles. The molecule has 0 aliphatic carbocycles. The summed E-state index contributed by atoms with van der Waals surface area (Å²) in [5.74, 6) is 0.795. The Bertz CT molecular complexity index is 419. The van der Waals surface area contributed by atoms with Crippen molar-refractivity contribution >= 4 is 17.4 Å². The first-order valence-corrected chi connectivity index (χ1v) is 6.45. The number of benzene rings is 2. The topological polar surface area (TPSA) is 26.0 Å². The van der Waals surface area contributed by atoms with E-state index < -0.39 is 0 Å². The third-order valence-electron chi connectivity index (χ3n) is 2.45. The zero-order valence-electron chi connectivity index (χ0n) is 9.40. The Hall–Kier alpha value is -1.48. The summed E-state index contributed by atoms with van der Waals surface area (Å²) in [6.45, 7) is 0. The third kappa shape index (κ3) is 3.79. The Morgan fingerprint density at radius 3 is 2.24 bits per heavy atom. The minimum Gasteiger partial charge on any atom is -0.399 e. The summed E-state index contributed by atoms with van der Waals surface area (Å²) in [6.07, 6.45) is 0.988. The average Bonchev–Trinajstić information content (AvgIpc) is 2.34. The van der Waals surface area contributed by atoms with Crippen LogP contribution in [0.4, 0.5) is 10.1 Å². The number of aryl methyl sites for hydroxylation is 1. The molecular weight excluding hydrogens is 233 g/mol. The van der Waals surface area contributed by atoms with Crippen LogP contribution in [0.1, 0.15) is 5.56 Å². The molecule has 1 nitrogen and oxygen atoms in total. The van der Waals surface area contributed by atoms with Crippen molar-refractivity contribution in [3.8, 4) is 0 Å². The maximum absolute atomic E-state index is 12.7. The van der Waals surface area contributed by atoms with E-state index in [1.54, 1.807) is 11.8 Å². The molecule has 88 valence electrons. The molecule has 0 aromatic heterocycles. The van der Waals surface area contributed by atoms with Crippen LogP contribution in [0.25, 0.3) is 0 Å². The lowest BCUT2D eigenvalue weighted by Crippen LogP contribution is -1.90. The Labute approximate surface area is 105 Å². The van der Waals surface area contributed by atoms with Crippen LogP contribution in [-0.4, -0.2) is 5.75 Å². The lowest BCUT2D eigenvalue weighted by molar-refractivity contribution is 0.626. The average molecular weight is 247 g/mol. The molecule has 2 aromatic rings. The Morgan fingerprint density at radius 2 is 1.59 bits per heavy atom. The summed E-state index contributed by atoms with van der Waals surface area (Å²) in [5.41, 5.74) is 7.68. The second-order valence-corrected chi connectivity index (χ2v) is 4.96. The SMILES string of the molecule is Nc1ccc(CCSc2ccc(F)cc2)cc1. The van der Waals surface area contributed by atoms with Gasteiger partial charge in [0.05, 0.1) is 0 Å². The number of halogens is 1. The van der Waals surface area contributed by atoms with Gasteiger partial charge in [-0.15, -0.1) is 11.8 Å². The summed E-state index contributed by atoms with van der Waals surface area (Å²) in [4.78, 5) is 1.10. The van der Waals surface area contributed by atoms with Gasteiger partial charge >= 0.3 is 0 Å². The fourth-order valence-electron chi connectivity index (χ4n) is 1.50. The molecular formula is C14H14FNS. The summed E-state index contributed by atoms with van der Waals surface area (Å²) in [5, 5.41) is 0. The van der Waals surface area contributed by atoms with Gasteiger partial charge in [-0.1, -0.05) is 12.1 Å². The van der Waals surface area contributed by atoms with E-state index in [4.69, 9.17) is 5.73 Å². The number of hydrogen-bond donors (Lipinski definition) is 1. The van der Waals surface area contributed by atoms with Crippen LogP contribution >= 0.6 is 11.8 Å². The van der Waals surface area contributed by atoms with E-state index >= 15 is 0 Å². The van der Waals surface area contributed by atoms with Crippen LogP contribution in [0, 0.1) is 5.82 Å². The van der Waals surface area contributed by atoms with Gasteiger partial charge in [0.1, 0.15) is 5.82 Å². The zero-order chi connectivity index (χ0) is 12.1. The number of anilines is 1. The molecule has 0 aliphatic rings. The molecule has 0 heterocycles. The maximum Gasteiger partial charge on any atom is 0.123 e. The number of nitrogen functional groups attached to an aromatic ring is 1. The summed E-state index contributed by atoms with van der Waals surface area (Å²) < 4.78 is 12.7. The summed E-state index contributed by atoms with van der Waals surface area (Å²) in [7, 11) is 0. The smallest absolute Gasteiger partial charge is 0.123 e. The fourth-order valence-corrected chi connectivity index (χ4v) is 2.40. The van der Waals surface area contributed by atoms with Crippen molar-refractivity contribution in [2.75, 3.05) is 11.5 Å². The number of nitrogens with two attached hydrogens (primary N) is 1. The van der Waals surface area contributed by atoms with Crippen molar-refractivity contribution in [3.63, 3.8) is 0 Å². The fraction of sp³-hybridized carbons (Fsp3) is 0.143. The molecule has 2 rings (SSSR count). The highest BCUT2D eigenvalue weighted by Crippen LogP contribution is 2.19. The molecule has 3 heteroatoms. The van der Waals surface area contributed by atoms with Crippen LogP contribution in [0.15, 0.2) is 53.4 Å². The van der Waals surface area contributed by atoms with Gasteiger partial charge in [0, 0.05) is 16.3 Å². The molecule has 0 fully saturated rings. The molecule has 17 heavy (non-hydrogen) atoms. The van der Waals surface area contributed by atoms with Gasteiger partial charge in [-0.3, -0.25) is 0 Å².